The Morgan fingerprint density at radius 3 is 2.31 bits per heavy atom. The number of carbonyl (C=O) groups excluding carboxylic acids is 2. The zero-order valence-corrected chi connectivity index (χ0v) is 20.1. The van der Waals surface area contributed by atoms with Gasteiger partial charge in [-0.3, -0.25) is 9.59 Å². The Morgan fingerprint density at radius 2 is 1.66 bits per heavy atom. The van der Waals surface area contributed by atoms with Gasteiger partial charge in [0, 0.05) is 20.1 Å². The van der Waals surface area contributed by atoms with E-state index in [2.05, 4.69) is 57.2 Å². The predicted molar refractivity (Wildman–Crippen MR) is 125 cm³/mol. The summed E-state index contributed by atoms with van der Waals surface area (Å²) < 4.78 is 16.1. The summed E-state index contributed by atoms with van der Waals surface area (Å²) in [7, 11) is 2.77. The first kappa shape index (κ1) is 24.4. The Labute approximate surface area is 191 Å². The number of Topliss-reactive ketones (excluding diaryl/α,β-unsaturated/α-hetero) is 1. The first-order chi connectivity index (χ1) is 15.2. The van der Waals surface area contributed by atoms with Crippen LogP contribution in [0.3, 0.4) is 0 Å². The van der Waals surface area contributed by atoms with Crippen molar-refractivity contribution >= 4 is 22.5 Å². The van der Waals surface area contributed by atoms with Gasteiger partial charge in [-0.25, -0.2) is 0 Å². The lowest BCUT2D eigenvalue weighted by Gasteiger charge is -2.44. The zero-order valence-electron chi connectivity index (χ0n) is 20.1. The molecule has 2 aromatic carbocycles. The molecule has 1 unspecified atom stereocenters. The van der Waals surface area contributed by atoms with E-state index in [1.807, 2.05) is 6.07 Å². The van der Waals surface area contributed by atoms with Gasteiger partial charge >= 0.3 is 5.97 Å². The van der Waals surface area contributed by atoms with E-state index in [1.54, 1.807) is 6.92 Å². The highest BCUT2D eigenvalue weighted by Gasteiger charge is 2.43. The smallest absolute Gasteiger partial charge is 0.316 e. The number of esters is 1. The van der Waals surface area contributed by atoms with E-state index in [1.165, 1.54) is 30.6 Å². The lowest BCUT2D eigenvalue weighted by atomic mass is 9.64. The maximum atomic E-state index is 12.9. The highest BCUT2D eigenvalue weighted by molar-refractivity contribution is 6.00. The minimum atomic E-state index is -1.06. The van der Waals surface area contributed by atoms with Gasteiger partial charge < -0.3 is 14.2 Å². The summed E-state index contributed by atoms with van der Waals surface area (Å²) in [5, 5.41) is 2.42. The van der Waals surface area contributed by atoms with Crippen LogP contribution in [0.5, 0.6) is 0 Å². The number of benzene rings is 2. The SMILES string of the molecule is COC(OC)C(=O)C(C)C(=O)O[C@@H]1C[C@H](C)CC[C@H]1C(C)(C)c1ccc2ccccc2c1. The van der Waals surface area contributed by atoms with E-state index in [9.17, 15) is 9.59 Å². The third kappa shape index (κ3) is 5.05. The van der Waals surface area contributed by atoms with E-state index in [4.69, 9.17) is 14.2 Å². The van der Waals surface area contributed by atoms with Gasteiger partial charge in [0.2, 0.25) is 12.1 Å². The fourth-order valence-electron chi connectivity index (χ4n) is 4.99. The Kier molecular flexibility index (Phi) is 7.73. The average Bonchev–Trinajstić information content (AvgIpc) is 2.78. The second kappa shape index (κ2) is 10.1. The minimum Gasteiger partial charge on any atom is -0.461 e. The Balaban J connectivity index is 1.83. The van der Waals surface area contributed by atoms with Crippen molar-refractivity contribution in [3.8, 4) is 0 Å². The van der Waals surface area contributed by atoms with Crippen molar-refractivity contribution in [3.05, 3.63) is 48.0 Å². The second-order valence-corrected chi connectivity index (χ2v) is 9.71. The molecule has 0 bridgehead atoms. The number of fused-ring (bicyclic) bond motifs is 1. The molecular weight excluding hydrogens is 404 g/mol. The van der Waals surface area contributed by atoms with E-state index < -0.39 is 24.0 Å². The first-order valence-electron chi connectivity index (χ1n) is 11.5. The second-order valence-electron chi connectivity index (χ2n) is 9.71. The van der Waals surface area contributed by atoms with Crippen LogP contribution in [0.2, 0.25) is 0 Å². The molecule has 5 heteroatoms. The number of carbonyl (C=O) groups is 2. The van der Waals surface area contributed by atoms with Crippen LogP contribution in [-0.2, 0) is 29.2 Å². The molecule has 4 atom stereocenters. The van der Waals surface area contributed by atoms with Crippen LogP contribution in [0.15, 0.2) is 42.5 Å². The maximum Gasteiger partial charge on any atom is 0.316 e. The number of ketones is 1. The van der Waals surface area contributed by atoms with Crippen molar-refractivity contribution in [1.29, 1.82) is 0 Å². The van der Waals surface area contributed by atoms with Crippen LogP contribution >= 0.6 is 0 Å². The van der Waals surface area contributed by atoms with Crippen molar-refractivity contribution in [1.82, 2.24) is 0 Å². The largest absolute Gasteiger partial charge is 0.461 e. The van der Waals surface area contributed by atoms with Gasteiger partial charge in [-0.2, -0.15) is 0 Å². The molecule has 5 nitrogen and oxygen atoms in total. The lowest BCUT2D eigenvalue weighted by molar-refractivity contribution is -0.173. The molecule has 3 rings (SSSR count). The van der Waals surface area contributed by atoms with Crippen molar-refractivity contribution in [2.24, 2.45) is 17.8 Å². The topological polar surface area (TPSA) is 61.8 Å². The Hall–Kier alpha value is -2.24. The summed E-state index contributed by atoms with van der Waals surface area (Å²) in [6.45, 7) is 8.23. The molecule has 1 aliphatic rings. The lowest BCUT2D eigenvalue weighted by Crippen LogP contribution is -2.45. The van der Waals surface area contributed by atoms with Gasteiger partial charge in [0.15, 0.2) is 0 Å². The van der Waals surface area contributed by atoms with Crippen molar-refractivity contribution in [2.75, 3.05) is 14.2 Å². The molecule has 0 heterocycles. The summed E-state index contributed by atoms with van der Waals surface area (Å²) >= 11 is 0. The number of hydrogen-bond donors (Lipinski definition) is 0. The van der Waals surface area contributed by atoms with E-state index in [0.717, 1.165) is 19.3 Å². The fourth-order valence-corrected chi connectivity index (χ4v) is 4.99. The zero-order chi connectivity index (χ0) is 23.5. The minimum absolute atomic E-state index is 0.159. The van der Waals surface area contributed by atoms with Crippen LogP contribution in [-0.4, -0.2) is 38.4 Å². The summed E-state index contributed by atoms with van der Waals surface area (Å²) in [6, 6.07) is 14.9. The number of methoxy groups -OCH3 is 2. The molecule has 32 heavy (non-hydrogen) atoms. The molecule has 0 aromatic heterocycles. The monoisotopic (exact) mass is 440 g/mol. The Morgan fingerprint density at radius 1 is 1.00 bits per heavy atom. The first-order valence-corrected chi connectivity index (χ1v) is 11.5. The van der Waals surface area contributed by atoms with Gasteiger partial charge in [0.25, 0.3) is 0 Å². The van der Waals surface area contributed by atoms with Gasteiger partial charge in [-0.1, -0.05) is 69.7 Å². The highest BCUT2D eigenvalue weighted by atomic mass is 16.7. The summed E-state index contributed by atoms with van der Waals surface area (Å²) in [5.74, 6) is -1.25. The Bertz CT molecular complexity index is 946. The van der Waals surface area contributed by atoms with E-state index in [0.29, 0.717) is 5.92 Å². The molecule has 0 aliphatic heterocycles. The predicted octanol–water partition coefficient (Wildman–Crippen LogP) is 5.29. The molecule has 0 amide bonds. The highest BCUT2D eigenvalue weighted by Crippen LogP contribution is 2.44. The van der Waals surface area contributed by atoms with E-state index in [-0.39, 0.29) is 17.4 Å². The number of ether oxygens (including phenoxy) is 3. The van der Waals surface area contributed by atoms with Crippen LogP contribution in [0.1, 0.15) is 52.5 Å². The molecule has 2 aromatic rings. The van der Waals surface area contributed by atoms with Gasteiger partial charge in [-0.15, -0.1) is 0 Å². The van der Waals surface area contributed by atoms with Crippen molar-refractivity contribution in [3.63, 3.8) is 0 Å². The molecular formula is C27H36O5. The van der Waals surface area contributed by atoms with Crippen LogP contribution in [0, 0.1) is 17.8 Å². The summed E-state index contributed by atoms with van der Waals surface area (Å²) in [4.78, 5) is 25.5. The van der Waals surface area contributed by atoms with Crippen LogP contribution in [0.25, 0.3) is 10.8 Å². The average molecular weight is 441 g/mol. The molecule has 1 aliphatic carbocycles. The molecule has 0 saturated heterocycles. The van der Waals surface area contributed by atoms with Crippen molar-refractivity contribution in [2.45, 2.75) is 64.8 Å². The molecule has 1 saturated carbocycles. The molecule has 0 radical (unpaired) electrons. The van der Waals surface area contributed by atoms with E-state index >= 15 is 0 Å². The fraction of sp³-hybridized carbons (Fsp3) is 0.556. The summed E-state index contributed by atoms with van der Waals surface area (Å²) in [5.41, 5.74) is 1.05. The van der Waals surface area contributed by atoms with Gasteiger partial charge in [0.05, 0.1) is 0 Å². The van der Waals surface area contributed by atoms with Crippen LogP contribution < -0.4 is 0 Å². The normalized spacial score (nSPS) is 22.7. The third-order valence-electron chi connectivity index (χ3n) is 7.18. The van der Waals surface area contributed by atoms with Gasteiger partial charge in [0.1, 0.15) is 12.0 Å². The number of rotatable bonds is 8. The maximum absolute atomic E-state index is 12.9. The van der Waals surface area contributed by atoms with Crippen molar-refractivity contribution < 1.29 is 23.8 Å². The molecule has 0 spiro atoms. The third-order valence-corrected chi connectivity index (χ3v) is 7.18. The summed E-state index contributed by atoms with van der Waals surface area (Å²) in [6.07, 6.45) is 1.56. The number of hydrogen-bond acceptors (Lipinski definition) is 5. The van der Waals surface area contributed by atoms with Gasteiger partial charge in [-0.05, 0) is 47.4 Å². The standard InChI is InChI=1S/C27H36O5/c1-17-11-14-22(23(15-17)32-25(29)18(2)24(28)26(30-5)31-6)27(3,4)21-13-12-19-9-7-8-10-20(19)16-21/h7-10,12-13,16-18,22-23,26H,11,14-15H2,1-6H3/t17-,18?,22-,23-/m1/s1. The molecule has 1 fully saturated rings. The quantitative estimate of drug-likeness (QED) is 0.317. The molecule has 0 N–H and O–H groups in total. The molecule has 174 valence electrons. The van der Waals surface area contributed by atoms with Crippen LogP contribution in [0.4, 0.5) is 0 Å².